The first kappa shape index (κ1) is 21.0. The van der Waals surface area contributed by atoms with E-state index in [1.54, 1.807) is 24.3 Å². The van der Waals surface area contributed by atoms with Gasteiger partial charge in [0.1, 0.15) is 5.03 Å². The normalized spacial score (nSPS) is 12.1. The fourth-order valence-electron chi connectivity index (χ4n) is 2.13. The smallest absolute Gasteiger partial charge is 0.390 e. The highest BCUT2D eigenvalue weighted by Gasteiger charge is 2.38. The summed E-state index contributed by atoms with van der Waals surface area (Å²) in [7, 11) is 1.44. The van der Waals surface area contributed by atoms with Crippen molar-refractivity contribution >= 4 is 52.5 Å². The predicted molar refractivity (Wildman–Crippen MR) is 103 cm³/mol. The number of thiazole rings is 1. The lowest BCUT2D eigenvalue weighted by Gasteiger charge is -2.05. The third-order valence-electron chi connectivity index (χ3n) is 3.31. The average molecular weight is 467 g/mol. The monoisotopic (exact) mass is 466 g/mol. The molecular weight excluding hydrogens is 456 g/mol. The number of alkyl halides is 3. The fourth-order valence-corrected chi connectivity index (χ4v) is 4.07. The molecule has 0 unspecified atom stereocenters. The molecule has 0 N–H and O–H groups in total. The summed E-state index contributed by atoms with van der Waals surface area (Å²) in [4.78, 5) is 10.3. The van der Waals surface area contributed by atoms with Gasteiger partial charge < -0.3 is 4.84 Å². The number of rotatable bonds is 6. The summed E-state index contributed by atoms with van der Waals surface area (Å²) < 4.78 is 41.7. The topological polar surface area (TPSA) is 52.3 Å². The summed E-state index contributed by atoms with van der Waals surface area (Å²) in [5, 5.41) is 8.08. The zero-order valence-corrected chi connectivity index (χ0v) is 17.2. The van der Waals surface area contributed by atoms with E-state index in [4.69, 9.17) is 28.0 Å². The van der Waals surface area contributed by atoms with Crippen LogP contribution in [0.15, 0.2) is 45.5 Å². The first-order chi connectivity index (χ1) is 13.2. The highest BCUT2D eigenvalue weighted by molar-refractivity contribution is 7.99. The quantitative estimate of drug-likeness (QED) is 0.335. The minimum absolute atomic E-state index is 0.0438. The number of oxime groups is 1. The van der Waals surface area contributed by atoms with Crippen LogP contribution in [0.1, 0.15) is 16.1 Å². The Morgan fingerprint density at radius 1 is 1.29 bits per heavy atom. The summed E-state index contributed by atoms with van der Waals surface area (Å²) >= 11 is 13.9. The molecule has 0 bridgehead atoms. The number of aryl methyl sites for hydroxylation is 1. The molecule has 0 fully saturated rings. The van der Waals surface area contributed by atoms with Crippen LogP contribution in [0.25, 0.3) is 0 Å². The van der Waals surface area contributed by atoms with Crippen molar-refractivity contribution in [2.24, 2.45) is 12.2 Å². The maximum Gasteiger partial charge on any atom is 0.435 e. The van der Waals surface area contributed by atoms with Crippen LogP contribution >= 0.6 is 46.3 Å². The van der Waals surface area contributed by atoms with Gasteiger partial charge in [-0.2, -0.15) is 18.3 Å². The van der Waals surface area contributed by atoms with Crippen molar-refractivity contribution in [2.45, 2.75) is 22.7 Å². The Bertz CT molecular complexity index is 987. The molecule has 0 radical (unpaired) electrons. The number of nitrogens with zero attached hydrogens (tertiary/aromatic N) is 4. The molecule has 0 aliphatic heterocycles. The van der Waals surface area contributed by atoms with Gasteiger partial charge in [0.05, 0.1) is 16.7 Å². The van der Waals surface area contributed by atoms with Crippen LogP contribution in [-0.4, -0.2) is 21.0 Å². The van der Waals surface area contributed by atoms with Crippen molar-refractivity contribution < 1.29 is 18.0 Å². The van der Waals surface area contributed by atoms with Gasteiger partial charge in [0.25, 0.3) is 0 Å². The Hall–Kier alpha value is -1.75. The van der Waals surface area contributed by atoms with Crippen molar-refractivity contribution in [1.29, 1.82) is 0 Å². The number of halogens is 5. The summed E-state index contributed by atoms with van der Waals surface area (Å²) in [6.07, 6.45) is -2.12. The second-order valence-electron chi connectivity index (χ2n) is 5.33. The second kappa shape index (κ2) is 8.73. The minimum atomic E-state index is -4.64. The third-order valence-corrected chi connectivity index (χ3v) is 5.84. The molecular formula is C16H11Cl2F3N4OS2. The largest absolute Gasteiger partial charge is 0.435 e. The Balaban J connectivity index is 1.85. The van der Waals surface area contributed by atoms with E-state index in [2.05, 4.69) is 15.2 Å². The summed E-state index contributed by atoms with van der Waals surface area (Å²) in [5.74, 6) is 0. The second-order valence-corrected chi connectivity index (χ2v) is 8.53. The van der Waals surface area contributed by atoms with Crippen LogP contribution in [-0.2, 0) is 24.7 Å². The number of hydrogen-bond acceptors (Lipinski definition) is 6. The molecule has 3 aromatic rings. The first-order valence-electron chi connectivity index (χ1n) is 7.57. The van der Waals surface area contributed by atoms with Crippen LogP contribution in [0.5, 0.6) is 0 Å². The van der Waals surface area contributed by atoms with E-state index in [1.807, 2.05) is 0 Å². The van der Waals surface area contributed by atoms with Gasteiger partial charge in [-0.3, -0.25) is 4.68 Å². The number of benzene rings is 1. The highest BCUT2D eigenvalue weighted by Crippen LogP contribution is 2.37. The zero-order chi connectivity index (χ0) is 20.3. The van der Waals surface area contributed by atoms with Gasteiger partial charge >= 0.3 is 6.18 Å². The lowest BCUT2D eigenvalue weighted by Crippen LogP contribution is -2.09. The average Bonchev–Trinajstić information content (AvgIpc) is 3.17. The van der Waals surface area contributed by atoms with Gasteiger partial charge in [0, 0.05) is 23.2 Å². The molecule has 0 aliphatic rings. The minimum Gasteiger partial charge on any atom is -0.390 e. The molecule has 2 heterocycles. The molecule has 3 rings (SSSR count). The molecule has 5 nitrogen and oxygen atoms in total. The number of aromatic nitrogens is 3. The number of hydrogen-bond donors (Lipinski definition) is 0. The standard InChI is InChI=1S/C16H11Cl2F3N4OS2/c1-25-14(27-10-4-2-9(17)3-5-10)12(13(24-25)16(19,20)21)7-23-26-8-11-6-22-15(18)28-11/h2-7H,8H2,1H3/b23-7+. The molecule has 0 spiro atoms. The zero-order valence-electron chi connectivity index (χ0n) is 14.1. The lowest BCUT2D eigenvalue weighted by atomic mass is 10.2. The molecule has 0 amide bonds. The van der Waals surface area contributed by atoms with Gasteiger partial charge in [-0.05, 0) is 24.3 Å². The molecule has 28 heavy (non-hydrogen) atoms. The van der Waals surface area contributed by atoms with Crippen molar-refractivity contribution in [3.8, 4) is 0 Å². The fraction of sp³-hybridized carbons (Fsp3) is 0.188. The van der Waals surface area contributed by atoms with Crippen molar-refractivity contribution in [3.05, 3.63) is 56.1 Å². The van der Waals surface area contributed by atoms with Crippen LogP contribution in [0.3, 0.4) is 0 Å². The van der Waals surface area contributed by atoms with Gasteiger partial charge in [-0.1, -0.05) is 40.1 Å². The maximum absolute atomic E-state index is 13.4. The summed E-state index contributed by atoms with van der Waals surface area (Å²) in [6.45, 7) is 0.0438. The lowest BCUT2D eigenvalue weighted by molar-refractivity contribution is -0.141. The predicted octanol–water partition coefficient (Wildman–Crippen LogP) is 5.90. The van der Waals surface area contributed by atoms with Gasteiger partial charge in [0.15, 0.2) is 16.8 Å². The molecule has 1 aromatic carbocycles. The van der Waals surface area contributed by atoms with Crippen molar-refractivity contribution in [1.82, 2.24) is 14.8 Å². The van der Waals surface area contributed by atoms with Gasteiger partial charge in [0.2, 0.25) is 0 Å². The Labute approximate surface area is 176 Å². The Kier molecular flexibility index (Phi) is 6.54. The van der Waals surface area contributed by atoms with E-state index >= 15 is 0 Å². The van der Waals surface area contributed by atoms with Crippen LogP contribution < -0.4 is 0 Å². The van der Waals surface area contributed by atoms with Crippen molar-refractivity contribution in [3.63, 3.8) is 0 Å². The van der Waals surface area contributed by atoms with E-state index in [0.29, 0.717) is 19.3 Å². The molecule has 0 aliphatic carbocycles. The van der Waals surface area contributed by atoms with E-state index in [0.717, 1.165) is 22.7 Å². The molecule has 12 heteroatoms. The molecule has 0 saturated carbocycles. The van der Waals surface area contributed by atoms with Crippen LogP contribution in [0.4, 0.5) is 13.2 Å². The maximum atomic E-state index is 13.4. The van der Waals surface area contributed by atoms with Crippen LogP contribution in [0.2, 0.25) is 9.49 Å². The Morgan fingerprint density at radius 3 is 2.61 bits per heavy atom. The summed E-state index contributed by atoms with van der Waals surface area (Å²) in [5.41, 5.74) is -1.23. The third kappa shape index (κ3) is 5.19. The molecule has 0 atom stereocenters. The SMILES string of the molecule is Cn1nc(C(F)(F)F)c(/C=N/OCc2cnc(Cl)s2)c1Sc1ccc(Cl)cc1. The molecule has 148 valence electrons. The highest BCUT2D eigenvalue weighted by atomic mass is 35.5. The molecule has 2 aromatic heterocycles. The van der Waals surface area contributed by atoms with Gasteiger partial charge in [-0.25, -0.2) is 4.98 Å². The van der Waals surface area contributed by atoms with E-state index in [1.165, 1.54) is 24.6 Å². The summed E-state index contributed by atoms with van der Waals surface area (Å²) in [6, 6.07) is 6.72. The Morgan fingerprint density at radius 2 is 2.00 bits per heavy atom. The first-order valence-corrected chi connectivity index (χ1v) is 9.96. The van der Waals surface area contributed by atoms with Crippen molar-refractivity contribution in [2.75, 3.05) is 0 Å². The molecule has 0 saturated heterocycles. The van der Waals surface area contributed by atoms with E-state index < -0.39 is 11.9 Å². The van der Waals surface area contributed by atoms with E-state index in [-0.39, 0.29) is 17.2 Å². The van der Waals surface area contributed by atoms with Crippen LogP contribution in [0, 0.1) is 0 Å². The van der Waals surface area contributed by atoms with E-state index in [9.17, 15) is 13.2 Å². The van der Waals surface area contributed by atoms with Gasteiger partial charge in [-0.15, -0.1) is 11.3 Å².